The zero-order valence-corrected chi connectivity index (χ0v) is 11.8. The van der Waals surface area contributed by atoms with Gasteiger partial charge in [0.2, 0.25) is 10.0 Å². The number of hydrogen-bond donors (Lipinski definition) is 2. The molecule has 0 unspecified atom stereocenters. The number of aromatic nitrogens is 2. The molecule has 2 aromatic rings. The SMILES string of the molecule is O=S(=O)(N[C@H]1CCCNC1)c1cccc2nsnc12. The number of nitrogens with zero attached hydrogens (tertiary/aromatic N) is 2. The lowest BCUT2D eigenvalue weighted by Gasteiger charge is -2.23. The maximum atomic E-state index is 12.4. The van der Waals surface area contributed by atoms with Crippen LogP contribution in [-0.4, -0.2) is 36.3 Å². The molecule has 0 bridgehead atoms. The van der Waals surface area contributed by atoms with Crippen LogP contribution < -0.4 is 10.0 Å². The van der Waals surface area contributed by atoms with Crippen LogP contribution in [0.4, 0.5) is 0 Å². The molecule has 19 heavy (non-hydrogen) atoms. The third-order valence-corrected chi connectivity index (χ3v) is 5.25. The monoisotopic (exact) mass is 298 g/mol. The van der Waals surface area contributed by atoms with Gasteiger partial charge in [0.25, 0.3) is 0 Å². The second-order valence-electron chi connectivity index (χ2n) is 4.55. The van der Waals surface area contributed by atoms with Gasteiger partial charge in [-0.15, -0.1) is 0 Å². The summed E-state index contributed by atoms with van der Waals surface area (Å²) in [6.07, 6.45) is 1.84. The molecule has 2 heterocycles. The summed E-state index contributed by atoms with van der Waals surface area (Å²) in [5, 5.41) is 3.19. The average molecular weight is 298 g/mol. The summed E-state index contributed by atoms with van der Waals surface area (Å²) in [6.45, 7) is 1.62. The summed E-state index contributed by atoms with van der Waals surface area (Å²) in [4.78, 5) is 0.212. The molecule has 0 spiro atoms. The number of piperidine rings is 1. The standard InChI is InChI=1S/C11H14N4O2S2/c16-19(17,15-8-3-2-6-12-7-8)10-5-1-4-9-11(10)14-18-13-9/h1,4-5,8,12,15H,2-3,6-7H2/t8-/m0/s1. The van der Waals surface area contributed by atoms with Crippen LogP contribution in [0.15, 0.2) is 23.1 Å². The zero-order valence-electron chi connectivity index (χ0n) is 10.2. The van der Waals surface area contributed by atoms with Crippen LogP contribution in [0.25, 0.3) is 11.0 Å². The van der Waals surface area contributed by atoms with Crippen LogP contribution in [-0.2, 0) is 10.0 Å². The van der Waals surface area contributed by atoms with Crippen LogP contribution in [0.3, 0.4) is 0 Å². The predicted octanol–water partition coefficient (Wildman–Crippen LogP) is 0.722. The number of hydrogen-bond acceptors (Lipinski definition) is 6. The van der Waals surface area contributed by atoms with E-state index in [4.69, 9.17) is 0 Å². The molecule has 1 aromatic heterocycles. The predicted molar refractivity (Wildman–Crippen MR) is 73.6 cm³/mol. The van der Waals surface area contributed by atoms with Gasteiger partial charge in [-0.2, -0.15) is 8.75 Å². The second-order valence-corrected chi connectivity index (χ2v) is 6.76. The summed E-state index contributed by atoms with van der Waals surface area (Å²) >= 11 is 1.02. The first-order chi connectivity index (χ1) is 9.17. The van der Waals surface area contributed by atoms with Gasteiger partial charge in [-0.25, -0.2) is 13.1 Å². The van der Waals surface area contributed by atoms with Crippen molar-refractivity contribution in [2.24, 2.45) is 0 Å². The highest BCUT2D eigenvalue weighted by Gasteiger charge is 2.24. The number of benzene rings is 1. The molecule has 0 radical (unpaired) electrons. The third kappa shape index (κ3) is 2.62. The third-order valence-electron chi connectivity index (χ3n) is 3.16. The summed E-state index contributed by atoms with van der Waals surface area (Å²) in [5.41, 5.74) is 1.07. The Labute approximate surface area is 115 Å². The molecule has 2 N–H and O–H groups in total. The van der Waals surface area contributed by atoms with E-state index in [0.717, 1.165) is 31.1 Å². The van der Waals surface area contributed by atoms with E-state index < -0.39 is 10.0 Å². The van der Waals surface area contributed by atoms with Gasteiger partial charge in [-0.3, -0.25) is 0 Å². The second kappa shape index (κ2) is 5.12. The smallest absolute Gasteiger partial charge is 0.243 e. The molecule has 1 fully saturated rings. The lowest BCUT2D eigenvalue weighted by atomic mass is 10.1. The van der Waals surface area contributed by atoms with E-state index in [1.807, 2.05) is 0 Å². The molecule has 8 heteroatoms. The van der Waals surface area contributed by atoms with Crippen molar-refractivity contribution in [3.8, 4) is 0 Å². The van der Waals surface area contributed by atoms with Crippen LogP contribution >= 0.6 is 11.7 Å². The molecule has 102 valence electrons. The molecule has 3 rings (SSSR count). The van der Waals surface area contributed by atoms with Gasteiger partial charge in [0.05, 0.1) is 11.7 Å². The van der Waals surface area contributed by atoms with Crippen molar-refractivity contribution in [3.05, 3.63) is 18.2 Å². The first-order valence-corrected chi connectivity index (χ1v) is 8.32. The van der Waals surface area contributed by atoms with Crippen molar-refractivity contribution >= 4 is 32.8 Å². The summed E-state index contributed by atoms with van der Waals surface area (Å²) in [6, 6.07) is 4.97. The molecule has 0 saturated carbocycles. The molecular formula is C11H14N4O2S2. The van der Waals surface area contributed by atoms with E-state index in [1.165, 1.54) is 0 Å². The lowest BCUT2D eigenvalue weighted by molar-refractivity contribution is 0.429. The Balaban J connectivity index is 1.93. The number of rotatable bonds is 3. The maximum absolute atomic E-state index is 12.4. The van der Waals surface area contributed by atoms with Crippen LogP contribution in [0.1, 0.15) is 12.8 Å². The summed E-state index contributed by atoms with van der Waals surface area (Å²) in [7, 11) is -3.54. The Morgan fingerprint density at radius 2 is 2.26 bits per heavy atom. The van der Waals surface area contributed by atoms with E-state index in [0.29, 0.717) is 17.6 Å². The molecule has 1 aliphatic heterocycles. The minimum atomic E-state index is -3.54. The van der Waals surface area contributed by atoms with E-state index in [1.54, 1.807) is 18.2 Å². The van der Waals surface area contributed by atoms with Crippen LogP contribution in [0.5, 0.6) is 0 Å². The Morgan fingerprint density at radius 3 is 3.05 bits per heavy atom. The Bertz CT molecular complexity index is 677. The quantitative estimate of drug-likeness (QED) is 0.872. The molecule has 6 nitrogen and oxygen atoms in total. The molecule has 1 atom stereocenters. The highest BCUT2D eigenvalue weighted by atomic mass is 32.2. The highest BCUT2D eigenvalue weighted by molar-refractivity contribution is 7.89. The molecule has 0 amide bonds. The number of sulfonamides is 1. The molecule has 0 aliphatic carbocycles. The van der Waals surface area contributed by atoms with Gasteiger partial charge in [0, 0.05) is 12.6 Å². The van der Waals surface area contributed by atoms with Crippen molar-refractivity contribution in [2.75, 3.05) is 13.1 Å². The average Bonchev–Trinajstić information content (AvgIpc) is 2.87. The van der Waals surface area contributed by atoms with E-state index >= 15 is 0 Å². The van der Waals surface area contributed by atoms with E-state index in [-0.39, 0.29) is 10.9 Å². The van der Waals surface area contributed by atoms with Gasteiger partial charge in [0.15, 0.2) is 0 Å². The largest absolute Gasteiger partial charge is 0.315 e. The van der Waals surface area contributed by atoms with Gasteiger partial charge in [0.1, 0.15) is 15.9 Å². The van der Waals surface area contributed by atoms with Crippen LogP contribution in [0, 0.1) is 0 Å². The Kier molecular flexibility index (Phi) is 3.48. The van der Waals surface area contributed by atoms with Crippen molar-refractivity contribution in [1.29, 1.82) is 0 Å². The van der Waals surface area contributed by atoms with Crippen LogP contribution in [0.2, 0.25) is 0 Å². The van der Waals surface area contributed by atoms with Gasteiger partial charge in [-0.05, 0) is 31.5 Å². The molecule has 1 saturated heterocycles. The highest BCUT2D eigenvalue weighted by Crippen LogP contribution is 2.21. The molecular weight excluding hydrogens is 284 g/mol. The molecule has 1 aromatic carbocycles. The summed E-state index contributed by atoms with van der Waals surface area (Å²) in [5.74, 6) is 0. The fraction of sp³-hybridized carbons (Fsp3) is 0.455. The minimum Gasteiger partial charge on any atom is -0.315 e. The maximum Gasteiger partial charge on any atom is 0.243 e. The van der Waals surface area contributed by atoms with Crippen molar-refractivity contribution in [3.63, 3.8) is 0 Å². The first kappa shape index (κ1) is 12.9. The normalized spacial score (nSPS) is 20.7. The van der Waals surface area contributed by atoms with Crippen molar-refractivity contribution in [1.82, 2.24) is 18.8 Å². The van der Waals surface area contributed by atoms with E-state index in [9.17, 15) is 8.42 Å². The van der Waals surface area contributed by atoms with Crippen molar-refractivity contribution in [2.45, 2.75) is 23.8 Å². The van der Waals surface area contributed by atoms with Crippen molar-refractivity contribution < 1.29 is 8.42 Å². The van der Waals surface area contributed by atoms with Gasteiger partial charge in [-0.1, -0.05) is 6.07 Å². The Hall–Kier alpha value is -1.09. The fourth-order valence-corrected chi connectivity index (χ4v) is 4.27. The Morgan fingerprint density at radius 1 is 1.37 bits per heavy atom. The number of nitrogens with one attached hydrogen (secondary N) is 2. The molecule has 1 aliphatic rings. The fourth-order valence-electron chi connectivity index (χ4n) is 2.23. The topological polar surface area (TPSA) is 84.0 Å². The number of fused-ring (bicyclic) bond motifs is 1. The summed E-state index contributed by atoms with van der Waals surface area (Å²) < 4.78 is 35.7. The zero-order chi connectivity index (χ0) is 13.3. The minimum absolute atomic E-state index is 0.0550. The van der Waals surface area contributed by atoms with Gasteiger partial charge >= 0.3 is 0 Å². The lowest BCUT2D eigenvalue weighted by Crippen LogP contribution is -2.45. The van der Waals surface area contributed by atoms with E-state index in [2.05, 4.69) is 18.8 Å². The van der Waals surface area contributed by atoms with Gasteiger partial charge < -0.3 is 5.32 Å². The first-order valence-electron chi connectivity index (χ1n) is 6.11.